The van der Waals surface area contributed by atoms with Crippen LogP contribution < -0.4 is 11.5 Å². The Morgan fingerprint density at radius 3 is 2.79 bits per heavy atom. The van der Waals surface area contributed by atoms with Crippen LogP contribution in [0.25, 0.3) is 10.2 Å². The molecule has 0 unspecified atom stereocenters. The summed E-state index contributed by atoms with van der Waals surface area (Å²) in [5, 5.41) is 0.756. The van der Waals surface area contributed by atoms with Gasteiger partial charge in [-0.15, -0.1) is 11.3 Å². The van der Waals surface area contributed by atoms with Gasteiger partial charge in [-0.1, -0.05) is 0 Å². The summed E-state index contributed by atoms with van der Waals surface area (Å²) in [5.74, 6) is -0.838. The number of pyridine rings is 1. The number of anilines is 1. The number of nitrogen functional groups attached to an aromatic ring is 1. The third-order valence-electron chi connectivity index (χ3n) is 2.71. The fourth-order valence-electron chi connectivity index (χ4n) is 1.77. The molecule has 0 spiro atoms. The number of fused-ring (bicyclic) bond motifs is 1. The summed E-state index contributed by atoms with van der Waals surface area (Å²) in [6.45, 7) is 2.06. The van der Waals surface area contributed by atoms with Gasteiger partial charge in [0.25, 0.3) is 5.91 Å². The molecule has 0 saturated carbocycles. The van der Waals surface area contributed by atoms with Crippen molar-refractivity contribution in [2.75, 3.05) is 18.8 Å². The molecule has 0 fully saturated rings. The molecule has 100 valence electrons. The van der Waals surface area contributed by atoms with Gasteiger partial charge in [0.2, 0.25) is 5.91 Å². The molecule has 0 radical (unpaired) electrons. The fourth-order valence-corrected chi connectivity index (χ4v) is 2.80. The normalized spacial score (nSPS) is 10.6. The van der Waals surface area contributed by atoms with Crippen molar-refractivity contribution in [3.8, 4) is 0 Å². The Morgan fingerprint density at radius 1 is 1.47 bits per heavy atom. The SMILES string of the molecule is CCN(CC(N)=O)C(=O)c1sc2ncccc2c1N. The third kappa shape index (κ3) is 2.50. The smallest absolute Gasteiger partial charge is 0.266 e. The highest BCUT2D eigenvalue weighted by Crippen LogP contribution is 2.32. The molecule has 19 heavy (non-hydrogen) atoms. The van der Waals surface area contributed by atoms with Crippen molar-refractivity contribution in [2.45, 2.75) is 6.92 Å². The van der Waals surface area contributed by atoms with Gasteiger partial charge in [-0.3, -0.25) is 9.59 Å². The van der Waals surface area contributed by atoms with E-state index in [-0.39, 0.29) is 12.5 Å². The predicted octanol–water partition coefficient (Wildman–Crippen LogP) is 0.826. The number of thiophene rings is 1. The van der Waals surface area contributed by atoms with E-state index in [9.17, 15) is 9.59 Å². The molecule has 0 saturated heterocycles. The summed E-state index contributed by atoms with van der Waals surface area (Å²) in [7, 11) is 0. The molecular formula is C12H14N4O2S. The zero-order chi connectivity index (χ0) is 14.0. The van der Waals surface area contributed by atoms with Crippen molar-refractivity contribution in [1.82, 2.24) is 9.88 Å². The molecule has 0 atom stereocenters. The van der Waals surface area contributed by atoms with E-state index in [1.54, 1.807) is 19.2 Å². The molecule has 7 heteroatoms. The minimum Gasteiger partial charge on any atom is -0.397 e. The Hall–Kier alpha value is -2.15. The number of primary amides is 1. The Bertz CT molecular complexity index is 638. The Balaban J connectivity index is 2.40. The average molecular weight is 278 g/mol. The standard InChI is InChI=1S/C12H14N4O2S/c1-2-16(6-8(13)17)12(18)10-9(14)7-4-3-5-15-11(7)19-10/h3-5H,2,6,14H2,1H3,(H2,13,17). The van der Waals surface area contributed by atoms with Gasteiger partial charge in [0.1, 0.15) is 9.71 Å². The molecule has 0 aliphatic rings. The van der Waals surface area contributed by atoms with Crippen LogP contribution >= 0.6 is 11.3 Å². The van der Waals surface area contributed by atoms with Crippen molar-refractivity contribution >= 4 is 39.1 Å². The van der Waals surface area contributed by atoms with Gasteiger partial charge in [-0.25, -0.2) is 4.98 Å². The minimum absolute atomic E-state index is 0.115. The third-order valence-corrected chi connectivity index (χ3v) is 3.83. The number of rotatable bonds is 4. The lowest BCUT2D eigenvalue weighted by molar-refractivity contribution is -0.118. The molecule has 4 N–H and O–H groups in total. The topological polar surface area (TPSA) is 102 Å². The summed E-state index contributed by atoms with van der Waals surface area (Å²) >= 11 is 1.22. The number of amides is 2. The Labute approximate surface area is 114 Å². The summed E-state index contributed by atoms with van der Waals surface area (Å²) in [6.07, 6.45) is 1.65. The van der Waals surface area contributed by atoms with Crippen LogP contribution in [0.15, 0.2) is 18.3 Å². The first-order valence-electron chi connectivity index (χ1n) is 5.75. The lowest BCUT2D eigenvalue weighted by Crippen LogP contribution is -2.38. The highest BCUT2D eigenvalue weighted by atomic mass is 32.1. The van der Waals surface area contributed by atoms with Gasteiger partial charge in [-0.2, -0.15) is 0 Å². The molecule has 0 bridgehead atoms. The molecule has 2 amide bonds. The largest absolute Gasteiger partial charge is 0.397 e. The fraction of sp³-hybridized carbons (Fsp3) is 0.250. The number of carbonyl (C=O) groups excluding carboxylic acids is 2. The minimum atomic E-state index is -0.548. The van der Waals surface area contributed by atoms with Gasteiger partial charge in [0, 0.05) is 18.1 Å². The molecular weight excluding hydrogens is 264 g/mol. The zero-order valence-electron chi connectivity index (χ0n) is 10.4. The molecule has 6 nitrogen and oxygen atoms in total. The monoisotopic (exact) mass is 278 g/mol. The van der Waals surface area contributed by atoms with E-state index >= 15 is 0 Å². The summed E-state index contributed by atoms with van der Waals surface area (Å²) in [6, 6.07) is 3.58. The molecule has 0 aromatic carbocycles. The number of aromatic nitrogens is 1. The van der Waals surface area contributed by atoms with E-state index in [1.165, 1.54) is 16.2 Å². The van der Waals surface area contributed by atoms with E-state index < -0.39 is 5.91 Å². The second-order valence-corrected chi connectivity index (χ2v) is 4.99. The van der Waals surface area contributed by atoms with Crippen LogP contribution in [0.3, 0.4) is 0 Å². The van der Waals surface area contributed by atoms with Crippen LogP contribution in [0, 0.1) is 0 Å². The van der Waals surface area contributed by atoms with Gasteiger partial charge in [0.15, 0.2) is 0 Å². The summed E-state index contributed by atoms with van der Waals surface area (Å²) in [4.78, 5) is 29.9. The van der Waals surface area contributed by atoms with Crippen molar-refractivity contribution in [2.24, 2.45) is 5.73 Å². The van der Waals surface area contributed by atoms with Crippen molar-refractivity contribution in [3.63, 3.8) is 0 Å². The second-order valence-electron chi connectivity index (χ2n) is 3.99. The maximum absolute atomic E-state index is 12.3. The van der Waals surface area contributed by atoms with Crippen molar-refractivity contribution < 1.29 is 9.59 Å². The highest BCUT2D eigenvalue weighted by molar-refractivity contribution is 7.21. The Kier molecular flexibility index (Phi) is 3.66. The molecule has 0 aliphatic carbocycles. The van der Waals surface area contributed by atoms with E-state index in [4.69, 9.17) is 11.5 Å². The van der Waals surface area contributed by atoms with Crippen LogP contribution in [0.1, 0.15) is 16.6 Å². The molecule has 0 aliphatic heterocycles. The lowest BCUT2D eigenvalue weighted by Gasteiger charge is -2.18. The maximum atomic E-state index is 12.3. The van der Waals surface area contributed by atoms with Gasteiger partial charge in [0.05, 0.1) is 12.2 Å². The summed E-state index contributed by atoms with van der Waals surface area (Å²) < 4.78 is 0. The molecule has 2 rings (SSSR count). The highest BCUT2D eigenvalue weighted by Gasteiger charge is 2.22. The van der Waals surface area contributed by atoms with Gasteiger partial charge < -0.3 is 16.4 Å². The van der Waals surface area contributed by atoms with Gasteiger partial charge in [-0.05, 0) is 19.1 Å². The Morgan fingerprint density at radius 2 is 2.21 bits per heavy atom. The van der Waals surface area contributed by atoms with E-state index in [1.807, 2.05) is 6.07 Å². The van der Waals surface area contributed by atoms with Gasteiger partial charge >= 0.3 is 0 Å². The quantitative estimate of drug-likeness (QED) is 0.864. The van der Waals surface area contributed by atoms with E-state index in [0.717, 1.165) is 5.39 Å². The van der Waals surface area contributed by atoms with Crippen LogP contribution in [-0.2, 0) is 4.79 Å². The van der Waals surface area contributed by atoms with Crippen molar-refractivity contribution in [1.29, 1.82) is 0 Å². The van der Waals surface area contributed by atoms with Crippen LogP contribution in [-0.4, -0.2) is 34.8 Å². The zero-order valence-corrected chi connectivity index (χ0v) is 11.2. The number of nitrogens with two attached hydrogens (primary N) is 2. The maximum Gasteiger partial charge on any atom is 0.266 e. The lowest BCUT2D eigenvalue weighted by atomic mass is 10.2. The van der Waals surface area contributed by atoms with E-state index in [2.05, 4.69) is 4.98 Å². The summed E-state index contributed by atoms with van der Waals surface area (Å²) in [5.41, 5.74) is 11.5. The van der Waals surface area contributed by atoms with Crippen molar-refractivity contribution in [3.05, 3.63) is 23.2 Å². The number of carbonyl (C=O) groups is 2. The van der Waals surface area contributed by atoms with Crippen LogP contribution in [0.2, 0.25) is 0 Å². The number of nitrogens with zero attached hydrogens (tertiary/aromatic N) is 2. The number of hydrogen-bond donors (Lipinski definition) is 2. The molecule has 2 heterocycles. The van der Waals surface area contributed by atoms with Crippen LogP contribution in [0.4, 0.5) is 5.69 Å². The number of hydrogen-bond acceptors (Lipinski definition) is 5. The number of likely N-dealkylation sites (N-methyl/N-ethyl adjacent to an activating group) is 1. The second kappa shape index (κ2) is 5.23. The first-order valence-corrected chi connectivity index (χ1v) is 6.56. The molecule has 2 aromatic rings. The first-order chi connectivity index (χ1) is 9.04. The average Bonchev–Trinajstić information content (AvgIpc) is 2.73. The van der Waals surface area contributed by atoms with E-state index in [0.29, 0.717) is 21.9 Å². The molecule has 2 aromatic heterocycles. The first kappa shape index (κ1) is 13.3. The van der Waals surface area contributed by atoms with Crippen LogP contribution in [0.5, 0.6) is 0 Å². The predicted molar refractivity (Wildman–Crippen MR) is 74.8 cm³/mol.